The van der Waals surface area contributed by atoms with Crippen LogP contribution in [0.3, 0.4) is 0 Å². The fourth-order valence-corrected chi connectivity index (χ4v) is 3.58. The molecule has 2 atom stereocenters. The van der Waals surface area contributed by atoms with Crippen molar-refractivity contribution in [1.29, 1.82) is 0 Å². The maximum atomic E-state index is 9.43. The molecule has 2 unspecified atom stereocenters. The number of anilines is 1. The number of hydrogen-bond donors (Lipinski definition) is 1. The summed E-state index contributed by atoms with van der Waals surface area (Å²) < 4.78 is 0. The monoisotopic (exact) mass is 275 g/mol. The molecule has 3 rings (SSSR count). The Labute approximate surface area is 121 Å². The standard InChI is InChI=1S/C16H25N3O/c1-3-13-8-12(11-20)9-16(17-13)19-7-6-14-4-5-15(10-19)18(14)2/h8-9,14-15,20H,3-7,10-11H2,1-2H3. The molecule has 2 aliphatic rings. The largest absolute Gasteiger partial charge is 0.392 e. The van der Waals surface area contributed by atoms with Crippen molar-refractivity contribution in [3.05, 3.63) is 23.4 Å². The van der Waals surface area contributed by atoms with E-state index in [1.807, 2.05) is 6.07 Å². The minimum atomic E-state index is 0.0995. The number of hydrogen-bond acceptors (Lipinski definition) is 4. The molecule has 2 aliphatic heterocycles. The minimum absolute atomic E-state index is 0.0995. The number of rotatable bonds is 3. The Morgan fingerprint density at radius 2 is 2.05 bits per heavy atom. The van der Waals surface area contributed by atoms with Crippen LogP contribution in [0.15, 0.2) is 12.1 Å². The van der Waals surface area contributed by atoms with E-state index < -0.39 is 0 Å². The molecule has 1 aromatic heterocycles. The number of aliphatic hydroxyl groups is 1. The van der Waals surface area contributed by atoms with Crippen LogP contribution in [0.5, 0.6) is 0 Å². The highest BCUT2D eigenvalue weighted by Gasteiger charge is 2.34. The maximum absolute atomic E-state index is 9.43. The number of aliphatic hydroxyl groups excluding tert-OH is 1. The van der Waals surface area contributed by atoms with E-state index in [-0.39, 0.29) is 6.61 Å². The van der Waals surface area contributed by atoms with Crippen LogP contribution in [0.4, 0.5) is 5.82 Å². The summed E-state index contributed by atoms with van der Waals surface area (Å²) in [5.41, 5.74) is 2.06. The number of aromatic nitrogens is 1. The van der Waals surface area contributed by atoms with E-state index in [0.717, 1.165) is 42.6 Å². The summed E-state index contributed by atoms with van der Waals surface area (Å²) in [5, 5.41) is 9.43. The van der Waals surface area contributed by atoms with Crippen LogP contribution in [0.1, 0.15) is 37.4 Å². The Balaban J connectivity index is 1.85. The van der Waals surface area contributed by atoms with Gasteiger partial charge >= 0.3 is 0 Å². The van der Waals surface area contributed by atoms with E-state index in [9.17, 15) is 5.11 Å². The average Bonchev–Trinajstić information content (AvgIpc) is 2.71. The van der Waals surface area contributed by atoms with Gasteiger partial charge in [-0.3, -0.25) is 4.90 Å². The van der Waals surface area contributed by atoms with Crippen LogP contribution < -0.4 is 4.90 Å². The molecule has 0 amide bonds. The Morgan fingerprint density at radius 1 is 1.25 bits per heavy atom. The molecule has 0 spiro atoms. The van der Waals surface area contributed by atoms with Gasteiger partial charge in [0.05, 0.1) is 6.61 Å². The molecule has 20 heavy (non-hydrogen) atoms. The van der Waals surface area contributed by atoms with E-state index in [2.05, 4.69) is 29.8 Å². The van der Waals surface area contributed by atoms with E-state index >= 15 is 0 Å². The molecular formula is C16H25N3O. The molecule has 0 saturated carbocycles. The van der Waals surface area contributed by atoms with Gasteiger partial charge in [0.1, 0.15) is 5.82 Å². The van der Waals surface area contributed by atoms with Gasteiger partial charge in [-0.25, -0.2) is 4.98 Å². The van der Waals surface area contributed by atoms with E-state index in [4.69, 9.17) is 4.98 Å². The number of aryl methyl sites for hydroxylation is 1. The fourth-order valence-electron chi connectivity index (χ4n) is 3.58. The highest BCUT2D eigenvalue weighted by molar-refractivity contribution is 5.43. The molecule has 0 aliphatic carbocycles. The van der Waals surface area contributed by atoms with Crippen LogP contribution in [0, 0.1) is 0 Å². The third-order valence-corrected chi connectivity index (χ3v) is 4.94. The topological polar surface area (TPSA) is 39.6 Å². The van der Waals surface area contributed by atoms with Gasteiger partial charge in [0.2, 0.25) is 0 Å². The Bertz CT molecular complexity index is 455. The zero-order chi connectivity index (χ0) is 14.1. The summed E-state index contributed by atoms with van der Waals surface area (Å²) in [6, 6.07) is 5.47. The molecule has 4 nitrogen and oxygen atoms in total. The lowest BCUT2D eigenvalue weighted by Gasteiger charge is -2.27. The molecule has 2 saturated heterocycles. The van der Waals surface area contributed by atoms with Crippen molar-refractivity contribution in [1.82, 2.24) is 9.88 Å². The average molecular weight is 275 g/mol. The molecule has 2 fully saturated rings. The summed E-state index contributed by atoms with van der Waals surface area (Å²) >= 11 is 0. The Kier molecular flexibility index (Phi) is 3.94. The van der Waals surface area contributed by atoms with Gasteiger partial charge in [-0.05, 0) is 50.4 Å². The maximum Gasteiger partial charge on any atom is 0.129 e. The highest BCUT2D eigenvalue weighted by atomic mass is 16.3. The third kappa shape index (κ3) is 2.54. The van der Waals surface area contributed by atoms with Crippen LogP contribution >= 0.6 is 0 Å². The summed E-state index contributed by atoms with van der Waals surface area (Å²) in [5.74, 6) is 1.05. The van der Waals surface area contributed by atoms with Crippen LogP contribution in [-0.4, -0.2) is 47.2 Å². The number of fused-ring (bicyclic) bond motifs is 2. The van der Waals surface area contributed by atoms with Gasteiger partial charge in [0.15, 0.2) is 0 Å². The lowest BCUT2D eigenvalue weighted by atomic mass is 10.1. The van der Waals surface area contributed by atoms with Gasteiger partial charge in [0, 0.05) is 30.9 Å². The molecule has 0 aromatic carbocycles. The summed E-state index contributed by atoms with van der Waals surface area (Å²) in [7, 11) is 2.26. The number of likely N-dealkylation sites (N-methyl/N-ethyl adjacent to an activating group) is 1. The van der Waals surface area contributed by atoms with Gasteiger partial charge in [0.25, 0.3) is 0 Å². The van der Waals surface area contributed by atoms with Crippen molar-refractivity contribution in [2.45, 2.75) is 51.3 Å². The van der Waals surface area contributed by atoms with Crippen molar-refractivity contribution in [2.24, 2.45) is 0 Å². The van der Waals surface area contributed by atoms with Crippen molar-refractivity contribution < 1.29 is 5.11 Å². The van der Waals surface area contributed by atoms with Crippen LogP contribution in [-0.2, 0) is 13.0 Å². The molecule has 4 heteroatoms. The zero-order valence-electron chi connectivity index (χ0n) is 12.5. The van der Waals surface area contributed by atoms with E-state index in [1.165, 1.54) is 19.3 Å². The second-order valence-corrected chi connectivity index (χ2v) is 6.12. The fraction of sp³-hybridized carbons (Fsp3) is 0.688. The second-order valence-electron chi connectivity index (χ2n) is 6.12. The number of pyridine rings is 1. The van der Waals surface area contributed by atoms with Gasteiger partial charge in [-0.15, -0.1) is 0 Å². The highest BCUT2D eigenvalue weighted by Crippen LogP contribution is 2.30. The molecule has 1 N–H and O–H groups in total. The van der Waals surface area contributed by atoms with Crippen LogP contribution in [0.25, 0.3) is 0 Å². The molecule has 1 aromatic rings. The lowest BCUT2D eigenvalue weighted by molar-refractivity contribution is 0.254. The molecule has 2 bridgehead atoms. The minimum Gasteiger partial charge on any atom is -0.392 e. The van der Waals surface area contributed by atoms with Gasteiger partial charge < -0.3 is 10.0 Å². The molecule has 110 valence electrons. The van der Waals surface area contributed by atoms with E-state index in [0.29, 0.717) is 6.04 Å². The van der Waals surface area contributed by atoms with Crippen molar-refractivity contribution >= 4 is 5.82 Å². The van der Waals surface area contributed by atoms with Crippen molar-refractivity contribution in [3.63, 3.8) is 0 Å². The smallest absolute Gasteiger partial charge is 0.129 e. The molecule has 0 radical (unpaired) electrons. The zero-order valence-corrected chi connectivity index (χ0v) is 12.5. The predicted octanol–water partition coefficient (Wildman–Crippen LogP) is 1.81. The molecular weight excluding hydrogens is 250 g/mol. The Morgan fingerprint density at radius 3 is 2.80 bits per heavy atom. The van der Waals surface area contributed by atoms with E-state index in [1.54, 1.807) is 0 Å². The second kappa shape index (κ2) is 5.70. The SMILES string of the molecule is CCc1cc(CO)cc(N2CCC3CCC(C2)N3C)n1. The summed E-state index contributed by atoms with van der Waals surface area (Å²) in [4.78, 5) is 9.74. The van der Waals surface area contributed by atoms with Crippen molar-refractivity contribution in [3.8, 4) is 0 Å². The first-order valence-electron chi connectivity index (χ1n) is 7.79. The summed E-state index contributed by atoms with van der Waals surface area (Å²) in [6.45, 7) is 4.36. The Hall–Kier alpha value is -1.13. The number of nitrogens with zero attached hydrogens (tertiary/aromatic N) is 3. The predicted molar refractivity (Wildman–Crippen MR) is 80.9 cm³/mol. The summed E-state index contributed by atoms with van der Waals surface area (Å²) in [6.07, 6.45) is 4.79. The first-order chi connectivity index (χ1) is 9.71. The van der Waals surface area contributed by atoms with Crippen molar-refractivity contribution in [2.75, 3.05) is 25.0 Å². The first kappa shape index (κ1) is 13.8. The van der Waals surface area contributed by atoms with Gasteiger partial charge in [-0.2, -0.15) is 0 Å². The first-order valence-corrected chi connectivity index (χ1v) is 7.79. The molecule has 3 heterocycles. The third-order valence-electron chi connectivity index (χ3n) is 4.94. The normalized spacial score (nSPS) is 26.9. The van der Waals surface area contributed by atoms with Gasteiger partial charge in [-0.1, -0.05) is 6.92 Å². The quantitative estimate of drug-likeness (QED) is 0.913. The van der Waals surface area contributed by atoms with Crippen LogP contribution in [0.2, 0.25) is 0 Å². The lowest BCUT2D eigenvalue weighted by Crippen LogP contribution is -2.37.